The highest BCUT2D eigenvalue weighted by Crippen LogP contribution is 2.39. The van der Waals surface area contributed by atoms with Gasteiger partial charge in [-0.1, -0.05) is 12.1 Å². The van der Waals surface area contributed by atoms with Gasteiger partial charge < -0.3 is 20.7 Å². The van der Waals surface area contributed by atoms with Crippen molar-refractivity contribution in [1.29, 1.82) is 0 Å². The Morgan fingerprint density at radius 2 is 1.82 bits per heavy atom. The van der Waals surface area contributed by atoms with Crippen LogP contribution in [0, 0.1) is 0 Å². The summed E-state index contributed by atoms with van der Waals surface area (Å²) in [6.45, 7) is 0.274. The van der Waals surface area contributed by atoms with E-state index in [2.05, 4.69) is 10.1 Å². The Balaban J connectivity index is 1.37. The van der Waals surface area contributed by atoms with Gasteiger partial charge in [-0.05, 0) is 43.9 Å². The minimum absolute atomic E-state index is 0.0757. The number of hydrogen-bond acceptors (Lipinski definition) is 6. The number of thiophene rings is 1. The molecular weight excluding hydrogens is 466 g/mol. The summed E-state index contributed by atoms with van der Waals surface area (Å²) in [5.41, 5.74) is 7.01. The van der Waals surface area contributed by atoms with Gasteiger partial charge in [-0.2, -0.15) is 8.78 Å². The van der Waals surface area contributed by atoms with Crippen molar-refractivity contribution >= 4 is 34.1 Å². The van der Waals surface area contributed by atoms with Crippen molar-refractivity contribution in [1.82, 2.24) is 9.80 Å². The Morgan fingerprint density at radius 1 is 1.12 bits per heavy atom. The molecule has 2 heterocycles. The van der Waals surface area contributed by atoms with Crippen LogP contribution in [-0.4, -0.2) is 66.4 Å². The zero-order chi connectivity index (χ0) is 24.4. The van der Waals surface area contributed by atoms with Gasteiger partial charge in [-0.3, -0.25) is 19.3 Å². The molecule has 4 rings (SSSR count). The molecule has 0 bridgehead atoms. The number of rotatable bonds is 7. The summed E-state index contributed by atoms with van der Waals surface area (Å²) >= 11 is 1.41. The number of amides is 3. The first-order valence-corrected chi connectivity index (χ1v) is 11.9. The number of aryl methyl sites for hydroxylation is 1. The molecule has 1 aliphatic carbocycles. The van der Waals surface area contributed by atoms with E-state index in [4.69, 9.17) is 5.73 Å². The standard InChI is InChI=1S/C23H26F2N4O4S/c1-13(20(31)27-21-18(19(26)30)15-6-4-8-17(15)34-21)28-9-11-29(12-10-28)22(32)14-5-2-3-7-16(14)33-23(24)25/h2-3,5,7,13,23H,4,6,8-12H2,1H3,(H2,26,30)(H,27,31)/t13-/m0/s1. The maximum atomic E-state index is 12.9. The highest BCUT2D eigenvalue weighted by Gasteiger charge is 2.31. The Labute approximate surface area is 199 Å². The molecule has 34 heavy (non-hydrogen) atoms. The van der Waals surface area contributed by atoms with Crippen molar-refractivity contribution in [3.8, 4) is 5.75 Å². The van der Waals surface area contributed by atoms with Crippen LogP contribution in [0.3, 0.4) is 0 Å². The van der Waals surface area contributed by atoms with Crippen LogP contribution < -0.4 is 15.8 Å². The van der Waals surface area contributed by atoms with Crippen molar-refractivity contribution in [3.63, 3.8) is 0 Å². The molecule has 2 aliphatic rings. The monoisotopic (exact) mass is 492 g/mol. The molecule has 3 amide bonds. The van der Waals surface area contributed by atoms with E-state index < -0.39 is 24.5 Å². The lowest BCUT2D eigenvalue weighted by atomic mass is 10.1. The lowest BCUT2D eigenvalue weighted by molar-refractivity contribution is -0.121. The second-order valence-corrected chi connectivity index (χ2v) is 9.40. The topological polar surface area (TPSA) is 105 Å². The third-order valence-corrected chi connectivity index (χ3v) is 7.47. The van der Waals surface area contributed by atoms with Crippen molar-refractivity contribution in [2.45, 2.75) is 38.8 Å². The third-order valence-electron chi connectivity index (χ3n) is 6.27. The number of ether oxygens (including phenoxy) is 1. The zero-order valence-electron chi connectivity index (χ0n) is 18.7. The predicted octanol–water partition coefficient (Wildman–Crippen LogP) is 2.72. The Bertz CT molecular complexity index is 1100. The van der Waals surface area contributed by atoms with Gasteiger partial charge in [0, 0.05) is 31.1 Å². The first kappa shape index (κ1) is 24.1. The Morgan fingerprint density at radius 3 is 2.50 bits per heavy atom. The van der Waals surface area contributed by atoms with Gasteiger partial charge in [0.1, 0.15) is 10.8 Å². The molecule has 11 heteroatoms. The molecule has 1 saturated heterocycles. The van der Waals surface area contributed by atoms with Crippen LogP contribution >= 0.6 is 11.3 Å². The van der Waals surface area contributed by atoms with Crippen LogP contribution in [0.25, 0.3) is 0 Å². The van der Waals surface area contributed by atoms with Crippen molar-refractivity contribution in [2.75, 3.05) is 31.5 Å². The number of primary amides is 1. The first-order chi connectivity index (χ1) is 16.3. The molecule has 1 aliphatic heterocycles. The number of nitrogens with two attached hydrogens (primary N) is 1. The summed E-state index contributed by atoms with van der Waals surface area (Å²) in [4.78, 5) is 42.4. The van der Waals surface area contributed by atoms with Crippen molar-refractivity contribution in [2.24, 2.45) is 5.73 Å². The van der Waals surface area contributed by atoms with Gasteiger partial charge in [0.15, 0.2) is 0 Å². The second-order valence-electron chi connectivity index (χ2n) is 8.29. The quantitative estimate of drug-likeness (QED) is 0.619. The molecule has 1 atom stereocenters. The lowest BCUT2D eigenvalue weighted by Crippen LogP contribution is -2.54. The fourth-order valence-corrected chi connectivity index (χ4v) is 5.76. The number of piperazine rings is 1. The Hall–Kier alpha value is -3.05. The fourth-order valence-electron chi connectivity index (χ4n) is 4.46. The maximum Gasteiger partial charge on any atom is 0.387 e. The average Bonchev–Trinajstić information content (AvgIpc) is 3.39. The van der Waals surface area contributed by atoms with Crippen LogP contribution in [0.2, 0.25) is 0 Å². The number of benzene rings is 1. The van der Waals surface area contributed by atoms with Gasteiger partial charge >= 0.3 is 6.61 Å². The predicted molar refractivity (Wildman–Crippen MR) is 124 cm³/mol. The second kappa shape index (κ2) is 10.1. The molecule has 182 valence electrons. The van der Waals surface area contributed by atoms with E-state index in [1.54, 1.807) is 17.9 Å². The van der Waals surface area contributed by atoms with Crippen LogP contribution in [0.15, 0.2) is 24.3 Å². The molecular formula is C23H26F2N4O4S. The zero-order valence-corrected chi connectivity index (χ0v) is 19.5. The minimum Gasteiger partial charge on any atom is -0.434 e. The van der Waals surface area contributed by atoms with Gasteiger partial charge in [-0.15, -0.1) is 11.3 Å². The number of hydrogen-bond donors (Lipinski definition) is 2. The largest absolute Gasteiger partial charge is 0.434 e. The molecule has 2 aromatic rings. The molecule has 1 fully saturated rings. The molecule has 0 saturated carbocycles. The van der Waals surface area contributed by atoms with Crippen LogP contribution in [0.1, 0.15) is 44.5 Å². The number of carbonyl (C=O) groups excluding carboxylic acids is 3. The van der Waals surface area contributed by atoms with E-state index >= 15 is 0 Å². The van der Waals surface area contributed by atoms with E-state index in [-0.39, 0.29) is 17.2 Å². The van der Waals surface area contributed by atoms with Crippen molar-refractivity contribution in [3.05, 3.63) is 45.8 Å². The third kappa shape index (κ3) is 4.90. The summed E-state index contributed by atoms with van der Waals surface area (Å²) < 4.78 is 29.8. The van der Waals surface area contributed by atoms with Gasteiger partial charge in [0.2, 0.25) is 5.91 Å². The highest BCUT2D eigenvalue weighted by atomic mass is 32.1. The molecule has 8 nitrogen and oxygen atoms in total. The Kier molecular flexibility index (Phi) is 7.13. The van der Waals surface area contributed by atoms with E-state index in [1.807, 2.05) is 4.90 Å². The summed E-state index contributed by atoms with van der Waals surface area (Å²) in [5.74, 6) is -1.35. The fraction of sp³-hybridized carbons (Fsp3) is 0.435. The summed E-state index contributed by atoms with van der Waals surface area (Å²) in [5, 5.41) is 3.37. The maximum absolute atomic E-state index is 12.9. The van der Waals surface area contributed by atoms with E-state index in [1.165, 1.54) is 29.5 Å². The van der Waals surface area contributed by atoms with Crippen LogP contribution in [-0.2, 0) is 17.6 Å². The SMILES string of the molecule is C[C@@H](C(=O)Nc1sc2c(c1C(N)=O)CCC2)N1CCN(C(=O)c2ccccc2OC(F)F)CC1. The number of nitrogens with one attached hydrogen (secondary N) is 1. The van der Waals surface area contributed by atoms with E-state index in [9.17, 15) is 23.2 Å². The molecule has 0 unspecified atom stereocenters. The number of anilines is 1. The average molecular weight is 493 g/mol. The smallest absolute Gasteiger partial charge is 0.387 e. The molecule has 0 spiro atoms. The van der Waals surface area contributed by atoms with Gasteiger partial charge in [-0.25, -0.2) is 0 Å². The summed E-state index contributed by atoms with van der Waals surface area (Å²) in [6.07, 6.45) is 2.65. The van der Waals surface area contributed by atoms with E-state index in [0.29, 0.717) is 36.7 Å². The number of alkyl halides is 2. The number of carbonyl (C=O) groups is 3. The van der Waals surface area contributed by atoms with Gasteiger partial charge in [0.05, 0.1) is 17.2 Å². The normalized spacial score (nSPS) is 16.9. The van der Waals surface area contributed by atoms with Crippen LogP contribution in [0.4, 0.5) is 13.8 Å². The molecule has 0 radical (unpaired) electrons. The van der Waals surface area contributed by atoms with Gasteiger partial charge in [0.25, 0.3) is 11.8 Å². The lowest BCUT2D eigenvalue weighted by Gasteiger charge is -2.37. The molecule has 3 N–H and O–H groups in total. The van der Waals surface area contributed by atoms with Crippen molar-refractivity contribution < 1.29 is 27.9 Å². The minimum atomic E-state index is -3.02. The number of fused-ring (bicyclic) bond motifs is 1. The molecule has 1 aromatic carbocycles. The van der Waals surface area contributed by atoms with E-state index in [0.717, 1.165) is 29.7 Å². The number of nitrogens with zero attached hydrogens (tertiary/aromatic N) is 2. The molecule has 1 aromatic heterocycles. The number of para-hydroxylation sites is 1. The highest BCUT2D eigenvalue weighted by molar-refractivity contribution is 7.17. The van der Waals surface area contributed by atoms with Crippen LogP contribution in [0.5, 0.6) is 5.75 Å². The first-order valence-electron chi connectivity index (χ1n) is 11.1. The number of halogens is 2. The summed E-state index contributed by atoms with van der Waals surface area (Å²) in [6, 6.07) is 5.41. The summed E-state index contributed by atoms with van der Waals surface area (Å²) in [7, 11) is 0.